The van der Waals surface area contributed by atoms with Gasteiger partial charge in [-0.05, 0) is 48.2 Å². The molecule has 0 radical (unpaired) electrons. The first kappa shape index (κ1) is 12.8. The molecule has 2 aromatic rings. The van der Waals surface area contributed by atoms with E-state index < -0.39 is 0 Å². The molecule has 3 heteroatoms. The molecule has 0 amide bonds. The van der Waals surface area contributed by atoms with Crippen molar-refractivity contribution in [1.29, 1.82) is 5.26 Å². The summed E-state index contributed by atoms with van der Waals surface area (Å²) in [7, 11) is 0. The lowest BCUT2D eigenvalue weighted by atomic mass is 10.0. The van der Waals surface area contributed by atoms with E-state index >= 15 is 0 Å². The zero-order chi connectivity index (χ0) is 13.9. The van der Waals surface area contributed by atoms with Gasteiger partial charge in [-0.1, -0.05) is 18.2 Å². The molecular formula is C17H15FN2. The van der Waals surface area contributed by atoms with Crippen LogP contribution < -0.4 is 5.32 Å². The van der Waals surface area contributed by atoms with Gasteiger partial charge in [0.25, 0.3) is 0 Å². The summed E-state index contributed by atoms with van der Waals surface area (Å²) in [5.74, 6) is -0.182. The molecule has 0 atom stereocenters. The van der Waals surface area contributed by atoms with Gasteiger partial charge in [0.15, 0.2) is 0 Å². The molecule has 0 spiro atoms. The van der Waals surface area contributed by atoms with E-state index in [1.807, 2.05) is 24.3 Å². The third kappa shape index (κ3) is 2.87. The van der Waals surface area contributed by atoms with Gasteiger partial charge in [0.05, 0.1) is 11.6 Å². The maximum absolute atomic E-state index is 13.8. The Morgan fingerprint density at radius 1 is 1.15 bits per heavy atom. The molecule has 0 aromatic heterocycles. The smallest absolute Gasteiger partial charge is 0.127 e. The highest BCUT2D eigenvalue weighted by Gasteiger charge is 2.20. The van der Waals surface area contributed by atoms with Crippen LogP contribution >= 0.6 is 0 Å². The van der Waals surface area contributed by atoms with Gasteiger partial charge in [0.2, 0.25) is 0 Å². The Bertz CT molecular complexity index is 669. The first-order valence-electron chi connectivity index (χ1n) is 6.78. The largest absolute Gasteiger partial charge is 0.310 e. The van der Waals surface area contributed by atoms with E-state index in [2.05, 4.69) is 11.4 Å². The predicted molar refractivity (Wildman–Crippen MR) is 76.4 cm³/mol. The van der Waals surface area contributed by atoms with E-state index in [1.54, 1.807) is 12.1 Å². The first-order chi connectivity index (χ1) is 9.76. The fourth-order valence-electron chi connectivity index (χ4n) is 2.20. The Kier molecular flexibility index (Phi) is 3.49. The summed E-state index contributed by atoms with van der Waals surface area (Å²) in [5, 5.41) is 12.3. The minimum Gasteiger partial charge on any atom is -0.310 e. The van der Waals surface area contributed by atoms with Gasteiger partial charge in [-0.3, -0.25) is 0 Å². The second-order valence-corrected chi connectivity index (χ2v) is 5.15. The van der Waals surface area contributed by atoms with Crippen LogP contribution in [0.15, 0.2) is 42.5 Å². The van der Waals surface area contributed by atoms with Gasteiger partial charge in [0.1, 0.15) is 5.82 Å². The fourth-order valence-corrected chi connectivity index (χ4v) is 2.20. The SMILES string of the molecule is N#Cc1cccc(-c2ccc(F)c(CNC3CC3)c2)c1. The summed E-state index contributed by atoms with van der Waals surface area (Å²) in [6, 6.07) is 15.2. The molecule has 0 saturated heterocycles. The van der Waals surface area contributed by atoms with Gasteiger partial charge >= 0.3 is 0 Å². The quantitative estimate of drug-likeness (QED) is 0.917. The van der Waals surface area contributed by atoms with Crippen LogP contribution in [0, 0.1) is 17.1 Å². The van der Waals surface area contributed by atoms with Crippen LogP contribution in [0.2, 0.25) is 0 Å². The van der Waals surface area contributed by atoms with Crippen LogP contribution in [0.25, 0.3) is 11.1 Å². The molecule has 0 aliphatic heterocycles. The molecule has 1 saturated carbocycles. The average Bonchev–Trinajstić information content (AvgIpc) is 3.31. The molecule has 20 heavy (non-hydrogen) atoms. The highest BCUT2D eigenvalue weighted by Crippen LogP contribution is 2.24. The van der Waals surface area contributed by atoms with Crippen molar-refractivity contribution in [3.05, 3.63) is 59.4 Å². The van der Waals surface area contributed by atoms with Crippen molar-refractivity contribution in [2.24, 2.45) is 0 Å². The average molecular weight is 266 g/mol. The van der Waals surface area contributed by atoms with E-state index in [9.17, 15) is 4.39 Å². The summed E-state index contributed by atoms with van der Waals surface area (Å²) in [6.45, 7) is 0.558. The van der Waals surface area contributed by atoms with Crippen molar-refractivity contribution in [2.75, 3.05) is 0 Å². The third-order valence-electron chi connectivity index (χ3n) is 3.53. The number of halogens is 1. The maximum atomic E-state index is 13.8. The number of benzene rings is 2. The molecule has 3 rings (SSSR count). The van der Waals surface area contributed by atoms with Crippen molar-refractivity contribution >= 4 is 0 Å². The van der Waals surface area contributed by atoms with E-state index in [0.717, 1.165) is 11.1 Å². The first-order valence-corrected chi connectivity index (χ1v) is 6.78. The summed E-state index contributed by atoms with van der Waals surface area (Å²) >= 11 is 0. The van der Waals surface area contributed by atoms with Crippen LogP contribution in [-0.4, -0.2) is 6.04 Å². The third-order valence-corrected chi connectivity index (χ3v) is 3.53. The Balaban J connectivity index is 1.88. The molecule has 0 heterocycles. The van der Waals surface area contributed by atoms with E-state index in [4.69, 9.17) is 5.26 Å². The molecule has 2 aromatic carbocycles. The number of rotatable bonds is 4. The molecule has 1 aliphatic carbocycles. The molecule has 1 N–H and O–H groups in total. The van der Waals surface area contributed by atoms with Crippen molar-refractivity contribution in [3.63, 3.8) is 0 Å². The van der Waals surface area contributed by atoms with E-state index in [0.29, 0.717) is 23.7 Å². The minimum atomic E-state index is -0.182. The molecule has 2 nitrogen and oxygen atoms in total. The molecular weight excluding hydrogens is 251 g/mol. The van der Waals surface area contributed by atoms with Gasteiger partial charge in [-0.2, -0.15) is 5.26 Å². The fraction of sp³-hybridized carbons (Fsp3) is 0.235. The van der Waals surface area contributed by atoms with Crippen LogP contribution in [0.5, 0.6) is 0 Å². The number of nitrogens with one attached hydrogen (secondary N) is 1. The topological polar surface area (TPSA) is 35.8 Å². The number of nitrogens with zero attached hydrogens (tertiary/aromatic N) is 1. The highest BCUT2D eigenvalue weighted by atomic mass is 19.1. The Morgan fingerprint density at radius 3 is 2.70 bits per heavy atom. The summed E-state index contributed by atoms with van der Waals surface area (Å²) in [4.78, 5) is 0. The van der Waals surface area contributed by atoms with Crippen LogP contribution in [-0.2, 0) is 6.54 Å². The second-order valence-electron chi connectivity index (χ2n) is 5.15. The lowest BCUT2D eigenvalue weighted by Crippen LogP contribution is -2.16. The summed E-state index contributed by atoms with van der Waals surface area (Å²) in [5.41, 5.74) is 3.18. The Hall–Kier alpha value is -2.18. The predicted octanol–water partition coefficient (Wildman–Crippen LogP) is 3.62. The van der Waals surface area contributed by atoms with Gasteiger partial charge < -0.3 is 5.32 Å². The normalized spacial score (nSPS) is 14.0. The Morgan fingerprint density at radius 2 is 1.95 bits per heavy atom. The lowest BCUT2D eigenvalue weighted by molar-refractivity contribution is 0.587. The lowest BCUT2D eigenvalue weighted by Gasteiger charge is -2.08. The van der Waals surface area contributed by atoms with Crippen LogP contribution in [0.4, 0.5) is 4.39 Å². The van der Waals surface area contributed by atoms with Crippen molar-refractivity contribution in [3.8, 4) is 17.2 Å². The molecule has 1 fully saturated rings. The number of hydrogen-bond acceptors (Lipinski definition) is 2. The molecule has 0 bridgehead atoms. The van der Waals surface area contributed by atoms with Crippen molar-refractivity contribution < 1.29 is 4.39 Å². The molecule has 0 unspecified atom stereocenters. The standard InChI is InChI=1S/C17H15FN2/c18-17-7-4-14(9-15(17)11-20-16-5-6-16)13-3-1-2-12(8-13)10-19/h1-4,7-9,16,20H,5-6,11H2. The summed E-state index contributed by atoms with van der Waals surface area (Å²) < 4.78 is 13.8. The monoisotopic (exact) mass is 266 g/mol. The zero-order valence-electron chi connectivity index (χ0n) is 11.1. The van der Waals surface area contributed by atoms with Crippen molar-refractivity contribution in [1.82, 2.24) is 5.32 Å². The highest BCUT2D eigenvalue weighted by molar-refractivity contribution is 5.66. The number of hydrogen-bond donors (Lipinski definition) is 1. The second kappa shape index (κ2) is 5.44. The molecule has 1 aliphatic rings. The van der Waals surface area contributed by atoms with E-state index in [1.165, 1.54) is 18.9 Å². The Labute approximate surface area is 117 Å². The van der Waals surface area contributed by atoms with Crippen LogP contribution in [0.1, 0.15) is 24.0 Å². The van der Waals surface area contributed by atoms with Gasteiger partial charge in [0, 0.05) is 18.2 Å². The van der Waals surface area contributed by atoms with E-state index in [-0.39, 0.29) is 5.82 Å². The van der Waals surface area contributed by atoms with Gasteiger partial charge in [-0.25, -0.2) is 4.39 Å². The zero-order valence-corrected chi connectivity index (χ0v) is 11.1. The van der Waals surface area contributed by atoms with Crippen LogP contribution in [0.3, 0.4) is 0 Å². The van der Waals surface area contributed by atoms with Crippen molar-refractivity contribution in [2.45, 2.75) is 25.4 Å². The minimum absolute atomic E-state index is 0.182. The summed E-state index contributed by atoms with van der Waals surface area (Å²) in [6.07, 6.45) is 2.37. The number of nitriles is 1. The van der Waals surface area contributed by atoms with Gasteiger partial charge in [-0.15, -0.1) is 0 Å². The maximum Gasteiger partial charge on any atom is 0.127 e. The molecule has 100 valence electrons.